The number of nitrogens with zero attached hydrogens (tertiary/aromatic N) is 5. The van der Waals surface area contributed by atoms with E-state index in [9.17, 15) is 4.39 Å². The van der Waals surface area contributed by atoms with Crippen molar-refractivity contribution < 1.29 is 4.39 Å². The van der Waals surface area contributed by atoms with E-state index in [0.717, 1.165) is 41.7 Å². The first-order valence-electron chi connectivity index (χ1n) is 9.45. The van der Waals surface area contributed by atoms with Crippen molar-refractivity contribution in [3.8, 4) is 11.3 Å². The van der Waals surface area contributed by atoms with Crippen molar-refractivity contribution in [2.45, 2.75) is 13.0 Å². The van der Waals surface area contributed by atoms with Gasteiger partial charge < -0.3 is 10.2 Å². The molecule has 1 aliphatic rings. The maximum Gasteiger partial charge on any atom is 0.159 e. The summed E-state index contributed by atoms with van der Waals surface area (Å²) in [6, 6.07) is 9.91. The molecule has 0 spiro atoms. The molecule has 1 saturated heterocycles. The van der Waals surface area contributed by atoms with Crippen molar-refractivity contribution in [1.29, 1.82) is 0 Å². The van der Waals surface area contributed by atoms with Gasteiger partial charge in [-0.05, 0) is 37.3 Å². The highest BCUT2D eigenvalue weighted by Gasteiger charge is 2.17. The molecule has 0 radical (unpaired) electrons. The lowest BCUT2D eigenvalue weighted by atomic mass is 10.1. The molecule has 0 amide bonds. The minimum Gasteiger partial charge on any atom is -0.367 e. The van der Waals surface area contributed by atoms with Crippen molar-refractivity contribution in [1.82, 2.24) is 25.1 Å². The molecular weight excluding hydrogens is 355 g/mol. The summed E-state index contributed by atoms with van der Waals surface area (Å²) in [7, 11) is 1.79. The van der Waals surface area contributed by atoms with Crippen molar-refractivity contribution in [2.75, 3.05) is 24.5 Å². The average Bonchev–Trinajstić information content (AvgIpc) is 3.08. The van der Waals surface area contributed by atoms with Gasteiger partial charge in [0.2, 0.25) is 0 Å². The quantitative estimate of drug-likeness (QED) is 0.583. The Labute approximate surface area is 162 Å². The molecule has 1 aliphatic heterocycles. The predicted molar refractivity (Wildman–Crippen MR) is 109 cm³/mol. The van der Waals surface area contributed by atoms with Crippen LogP contribution in [0.5, 0.6) is 0 Å². The van der Waals surface area contributed by atoms with Crippen LogP contribution in [0.25, 0.3) is 33.2 Å². The highest BCUT2D eigenvalue weighted by atomic mass is 19.1. The number of benzene rings is 1. The van der Waals surface area contributed by atoms with E-state index in [1.807, 2.05) is 30.6 Å². The molecule has 4 aromatic rings. The molecule has 0 bridgehead atoms. The third kappa shape index (κ3) is 2.97. The van der Waals surface area contributed by atoms with Crippen LogP contribution in [0.3, 0.4) is 0 Å². The van der Waals surface area contributed by atoms with Gasteiger partial charge >= 0.3 is 0 Å². The summed E-state index contributed by atoms with van der Waals surface area (Å²) in [5.74, 6) is -0.342. The van der Waals surface area contributed by atoms with Gasteiger partial charge in [-0.1, -0.05) is 0 Å². The number of anilines is 1. The molecule has 0 aliphatic carbocycles. The summed E-state index contributed by atoms with van der Waals surface area (Å²) in [5.41, 5.74) is 3.57. The molecule has 6 nitrogen and oxygen atoms in total. The van der Waals surface area contributed by atoms with Crippen molar-refractivity contribution in [2.24, 2.45) is 7.05 Å². The first kappa shape index (κ1) is 17.1. The van der Waals surface area contributed by atoms with E-state index >= 15 is 0 Å². The fourth-order valence-electron chi connectivity index (χ4n) is 3.86. The highest BCUT2D eigenvalue weighted by Crippen LogP contribution is 2.27. The van der Waals surface area contributed by atoms with E-state index in [1.165, 1.54) is 6.07 Å². The maximum atomic E-state index is 14.4. The maximum absolute atomic E-state index is 14.4. The number of piperazine rings is 1. The van der Waals surface area contributed by atoms with Crippen molar-refractivity contribution in [3.05, 3.63) is 48.5 Å². The number of aryl methyl sites for hydroxylation is 1. The number of rotatable bonds is 2. The molecule has 28 heavy (non-hydrogen) atoms. The molecule has 142 valence electrons. The molecule has 7 heteroatoms. The molecule has 1 atom stereocenters. The second-order valence-corrected chi connectivity index (χ2v) is 7.44. The number of hydrogen-bond acceptors (Lipinski definition) is 5. The molecule has 3 aromatic heterocycles. The van der Waals surface area contributed by atoms with Crippen LogP contribution in [-0.4, -0.2) is 45.4 Å². The molecule has 1 unspecified atom stereocenters. The van der Waals surface area contributed by atoms with Gasteiger partial charge in [0.05, 0.1) is 17.6 Å². The number of hydrogen-bond donors (Lipinski definition) is 1. The highest BCUT2D eigenvalue weighted by molar-refractivity contribution is 5.86. The topological polar surface area (TPSA) is 58.9 Å². The number of halogens is 1. The Morgan fingerprint density at radius 1 is 1.18 bits per heavy atom. The molecular formula is C21H21FN6. The zero-order valence-corrected chi connectivity index (χ0v) is 15.9. The number of nitrogens with one attached hydrogen (secondary N) is 1. The Hall–Kier alpha value is -3.06. The molecule has 1 fully saturated rings. The van der Waals surface area contributed by atoms with Crippen LogP contribution in [0.4, 0.5) is 10.1 Å². The van der Waals surface area contributed by atoms with Crippen LogP contribution >= 0.6 is 0 Å². The van der Waals surface area contributed by atoms with Crippen molar-refractivity contribution >= 4 is 27.6 Å². The Morgan fingerprint density at radius 3 is 2.93 bits per heavy atom. The minimum absolute atomic E-state index is 0.342. The van der Waals surface area contributed by atoms with Gasteiger partial charge in [-0.2, -0.15) is 5.10 Å². The van der Waals surface area contributed by atoms with E-state index in [1.54, 1.807) is 11.7 Å². The summed E-state index contributed by atoms with van der Waals surface area (Å²) < 4.78 is 16.0. The van der Waals surface area contributed by atoms with E-state index in [-0.39, 0.29) is 5.82 Å². The number of aromatic nitrogens is 4. The van der Waals surface area contributed by atoms with Gasteiger partial charge in [0, 0.05) is 55.3 Å². The molecule has 0 saturated carbocycles. The van der Waals surface area contributed by atoms with Gasteiger partial charge in [0.25, 0.3) is 0 Å². The fourth-order valence-corrected chi connectivity index (χ4v) is 3.86. The van der Waals surface area contributed by atoms with Crippen LogP contribution in [-0.2, 0) is 7.05 Å². The summed E-state index contributed by atoms with van der Waals surface area (Å²) in [6.45, 7) is 5.09. The molecule has 1 N–H and O–H groups in total. The summed E-state index contributed by atoms with van der Waals surface area (Å²) in [4.78, 5) is 11.6. The van der Waals surface area contributed by atoms with E-state index in [2.05, 4.69) is 38.3 Å². The van der Waals surface area contributed by atoms with E-state index in [4.69, 9.17) is 0 Å². The first-order valence-corrected chi connectivity index (χ1v) is 9.45. The van der Waals surface area contributed by atoms with Gasteiger partial charge in [0.1, 0.15) is 5.52 Å². The van der Waals surface area contributed by atoms with Gasteiger partial charge in [-0.15, -0.1) is 0 Å². The monoisotopic (exact) mass is 376 g/mol. The smallest absolute Gasteiger partial charge is 0.159 e. The van der Waals surface area contributed by atoms with E-state index < -0.39 is 0 Å². The third-order valence-electron chi connectivity index (χ3n) is 5.23. The minimum atomic E-state index is -0.342. The predicted octanol–water partition coefficient (Wildman–Crippen LogP) is 3.12. The zero-order chi connectivity index (χ0) is 19.3. The standard InChI is InChI=1S/C21H21FN6/c1-13-11-28(6-5-23-13)17-8-14-3-4-19(25-21(14)24-10-17)15-7-16-12-27(2)26-20(16)18(22)9-15/h3-4,7-10,12-13,23H,5-6,11H2,1-2H3. The van der Waals surface area contributed by atoms with Crippen molar-refractivity contribution in [3.63, 3.8) is 0 Å². The average molecular weight is 376 g/mol. The van der Waals surface area contributed by atoms with Crippen LogP contribution in [0.2, 0.25) is 0 Å². The zero-order valence-electron chi connectivity index (χ0n) is 15.9. The van der Waals surface area contributed by atoms with Crippen LogP contribution < -0.4 is 10.2 Å². The summed E-state index contributed by atoms with van der Waals surface area (Å²) in [5, 5.41) is 9.35. The van der Waals surface area contributed by atoms with Gasteiger partial charge in [-0.25, -0.2) is 14.4 Å². The Morgan fingerprint density at radius 2 is 2.07 bits per heavy atom. The Balaban J connectivity index is 1.52. The van der Waals surface area contributed by atoms with Gasteiger partial charge in [0.15, 0.2) is 11.5 Å². The van der Waals surface area contributed by atoms with Crippen LogP contribution in [0, 0.1) is 5.82 Å². The molecule has 4 heterocycles. The third-order valence-corrected chi connectivity index (χ3v) is 5.23. The fraction of sp³-hybridized carbons (Fsp3) is 0.286. The molecule has 1 aromatic carbocycles. The summed E-state index contributed by atoms with van der Waals surface area (Å²) >= 11 is 0. The number of pyridine rings is 2. The molecule has 5 rings (SSSR count). The Bertz CT molecular complexity index is 1180. The largest absolute Gasteiger partial charge is 0.367 e. The SMILES string of the molecule is CC1CN(c2cnc3nc(-c4cc(F)c5nn(C)cc5c4)ccc3c2)CCN1. The lowest BCUT2D eigenvalue weighted by Gasteiger charge is -2.33. The Kier molecular flexibility index (Phi) is 3.98. The number of fused-ring (bicyclic) bond motifs is 2. The lowest BCUT2D eigenvalue weighted by Crippen LogP contribution is -2.49. The van der Waals surface area contributed by atoms with Crippen LogP contribution in [0.1, 0.15) is 6.92 Å². The van der Waals surface area contributed by atoms with Gasteiger partial charge in [-0.3, -0.25) is 4.68 Å². The lowest BCUT2D eigenvalue weighted by molar-refractivity contribution is 0.484. The second-order valence-electron chi connectivity index (χ2n) is 7.44. The first-order chi connectivity index (χ1) is 13.6. The second kappa shape index (κ2) is 6.53. The van der Waals surface area contributed by atoms with E-state index in [0.29, 0.717) is 22.9 Å². The summed E-state index contributed by atoms with van der Waals surface area (Å²) in [6.07, 6.45) is 3.68. The normalized spacial score (nSPS) is 17.5. The van der Waals surface area contributed by atoms with Crippen LogP contribution in [0.15, 0.2) is 42.7 Å².